The number of carbonyl (C=O) groups is 2. The molecule has 1 amide bonds. The van der Waals surface area contributed by atoms with Gasteiger partial charge in [-0.1, -0.05) is 44.2 Å². The van der Waals surface area contributed by atoms with Crippen LogP contribution in [0.3, 0.4) is 0 Å². The molecule has 1 fully saturated rings. The van der Waals surface area contributed by atoms with Crippen LogP contribution in [-0.2, 0) is 16.0 Å². The number of hydrogen-bond donors (Lipinski definition) is 2. The summed E-state index contributed by atoms with van der Waals surface area (Å²) < 4.78 is 0. The van der Waals surface area contributed by atoms with Gasteiger partial charge in [-0.3, -0.25) is 9.59 Å². The van der Waals surface area contributed by atoms with E-state index >= 15 is 0 Å². The molecule has 0 radical (unpaired) electrons. The van der Waals surface area contributed by atoms with Crippen LogP contribution in [-0.4, -0.2) is 23.0 Å². The van der Waals surface area contributed by atoms with Gasteiger partial charge in [0.2, 0.25) is 5.91 Å². The van der Waals surface area contributed by atoms with Crippen molar-refractivity contribution in [2.24, 2.45) is 17.3 Å². The average molecular weight is 289 g/mol. The summed E-state index contributed by atoms with van der Waals surface area (Å²) in [4.78, 5) is 23.3. The van der Waals surface area contributed by atoms with Crippen LogP contribution in [0.15, 0.2) is 30.3 Å². The summed E-state index contributed by atoms with van der Waals surface area (Å²) >= 11 is 0. The third-order valence-corrected chi connectivity index (χ3v) is 4.47. The Labute approximate surface area is 125 Å². The highest BCUT2D eigenvalue weighted by molar-refractivity contribution is 5.91. The van der Waals surface area contributed by atoms with Crippen molar-refractivity contribution in [3.63, 3.8) is 0 Å². The number of carboxylic acids is 1. The fraction of sp³-hybridized carbons (Fsp3) is 0.529. The molecular weight excluding hydrogens is 266 g/mol. The standard InChI is InChI=1S/C17H23NO3/c1-11(9-10-12-7-5-4-6-8-12)18-15(19)13-14(16(20)21)17(13,2)3/h4-8,11,13-14H,9-10H2,1-3H3,(H,18,19)(H,20,21)/t11?,13-,14+/m1/s1. The predicted molar refractivity (Wildman–Crippen MR) is 80.8 cm³/mol. The van der Waals surface area contributed by atoms with Gasteiger partial charge >= 0.3 is 5.97 Å². The second-order valence-electron chi connectivity index (χ2n) is 6.55. The van der Waals surface area contributed by atoms with Gasteiger partial charge < -0.3 is 10.4 Å². The van der Waals surface area contributed by atoms with Crippen LogP contribution in [0.25, 0.3) is 0 Å². The lowest BCUT2D eigenvalue weighted by Gasteiger charge is -2.14. The Bertz CT molecular complexity index is 524. The largest absolute Gasteiger partial charge is 0.481 e. The Kier molecular flexibility index (Phi) is 4.35. The molecule has 1 unspecified atom stereocenters. The second-order valence-corrected chi connectivity index (χ2v) is 6.55. The maximum Gasteiger partial charge on any atom is 0.307 e. The van der Waals surface area contributed by atoms with E-state index < -0.39 is 23.2 Å². The van der Waals surface area contributed by atoms with Crippen molar-refractivity contribution in [2.75, 3.05) is 0 Å². The number of aliphatic carboxylic acids is 1. The van der Waals surface area contributed by atoms with Crippen molar-refractivity contribution in [1.82, 2.24) is 5.32 Å². The van der Waals surface area contributed by atoms with E-state index in [0.29, 0.717) is 0 Å². The molecular formula is C17H23NO3. The summed E-state index contributed by atoms with van der Waals surface area (Å²) in [5.41, 5.74) is 0.809. The van der Waals surface area contributed by atoms with Crippen LogP contribution in [0.2, 0.25) is 0 Å². The zero-order valence-corrected chi connectivity index (χ0v) is 12.8. The zero-order valence-electron chi connectivity index (χ0n) is 12.8. The van der Waals surface area contributed by atoms with Crippen molar-refractivity contribution in [1.29, 1.82) is 0 Å². The Morgan fingerprint density at radius 2 is 1.86 bits per heavy atom. The summed E-state index contributed by atoms with van der Waals surface area (Å²) in [5.74, 6) is -1.97. The minimum atomic E-state index is -0.878. The lowest BCUT2D eigenvalue weighted by Crippen LogP contribution is -2.35. The number of amides is 1. The van der Waals surface area contributed by atoms with E-state index in [0.717, 1.165) is 12.8 Å². The molecule has 114 valence electrons. The predicted octanol–water partition coefficient (Wildman–Crippen LogP) is 2.48. The molecule has 4 nitrogen and oxygen atoms in total. The topological polar surface area (TPSA) is 66.4 Å². The molecule has 0 heterocycles. The first-order valence-corrected chi connectivity index (χ1v) is 7.41. The van der Waals surface area contributed by atoms with E-state index in [2.05, 4.69) is 17.4 Å². The fourth-order valence-corrected chi connectivity index (χ4v) is 3.02. The van der Waals surface area contributed by atoms with Gasteiger partial charge in [0, 0.05) is 6.04 Å². The number of carboxylic acid groups (broad SMARTS) is 1. The highest BCUT2D eigenvalue weighted by Gasteiger charge is 2.65. The van der Waals surface area contributed by atoms with Gasteiger partial charge in [0.05, 0.1) is 11.8 Å². The van der Waals surface area contributed by atoms with Gasteiger partial charge in [0.15, 0.2) is 0 Å². The normalized spacial score (nSPS) is 24.1. The molecule has 21 heavy (non-hydrogen) atoms. The Balaban J connectivity index is 1.82. The number of carbonyl (C=O) groups excluding carboxylic acids is 1. The van der Waals surface area contributed by atoms with Gasteiger partial charge in [-0.15, -0.1) is 0 Å². The first-order chi connectivity index (χ1) is 9.84. The second kappa shape index (κ2) is 5.88. The summed E-state index contributed by atoms with van der Waals surface area (Å²) in [6.07, 6.45) is 1.75. The molecule has 1 aliphatic rings. The van der Waals surface area contributed by atoms with Crippen molar-refractivity contribution in [2.45, 2.75) is 39.7 Å². The van der Waals surface area contributed by atoms with Crippen LogP contribution in [0.5, 0.6) is 0 Å². The van der Waals surface area contributed by atoms with Crippen LogP contribution < -0.4 is 5.32 Å². The zero-order chi connectivity index (χ0) is 15.6. The average Bonchev–Trinajstić information content (AvgIpc) is 3.01. The summed E-state index contributed by atoms with van der Waals surface area (Å²) in [5, 5.41) is 12.1. The van der Waals surface area contributed by atoms with Gasteiger partial charge in [-0.05, 0) is 30.7 Å². The van der Waals surface area contributed by atoms with Gasteiger partial charge in [-0.2, -0.15) is 0 Å². The third kappa shape index (κ3) is 3.43. The maximum absolute atomic E-state index is 12.2. The Morgan fingerprint density at radius 1 is 1.24 bits per heavy atom. The molecule has 1 aromatic rings. The minimum absolute atomic E-state index is 0.0450. The van der Waals surface area contributed by atoms with Crippen LogP contribution in [0.1, 0.15) is 32.8 Å². The maximum atomic E-state index is 12.2. The molecule has 0 bridgehead atoms. The van der Waals surface area contributed by atoms with E-state index in [1.165, 1.54) is 5.56 Å². The van der Waals surface area contributed by atoms with E-state index in [9.17, 15) is 9.59 Å². The van der Waals surface area contributed by atoms with Gasteiger partial charge in [-0.25, -0.2) is 0 Å². The number of benzene rings is 1. The minimum Gasteiger partial charge on any atom is -0.481 e. The SMILES string of the molecule is CC(CCc1ccccc1)NC(=O)[C@H]1[C@@H](C(=O)O)C1(C)C. The molecule has 1 aromatic carbocycles. The highest BCUT2D eigenvalue weighted by atomic mass is 16.4. The van der Waals surface area contributed by atoms with E-state index in [1.54, 1.807) is 0 Å². The first-order valence-electron chi connectivity index (χ1n) is 7.41. The van der Waals surface area contributed by atoms with Crippen LogP contribution in [0.4, 0.5) is 0 Å². The van der Waals surface area contributed by atoms with Crippen molar-refractivity contribution >= 4 is 11.9 Å². The molecule has 2 N–H and O–H groups in total. The lowest BCUT2D eigenvalue weighted by molar-refractivity contribution is -0.140. The van der Waals surface area contributed by atoms with Crippen LogP contribution in [0, 0.1) is 17.3 Å². The molecule has 0 spiro atoms. The van der Waals surface area contributed by atoms with E-state index in [1.807, 2.05) is 39.0 Å². The van der Waals surface area contributed by atoms with Crippen molar-refractivity contribution < 1.29 is 14.7 Å². The Morgan fingerprint density at radius 3 is 2.38 bits per heavy atom. The van der Waals surface area contributed by atoms with Crippen molar-refractivity contribution in [3.8, 4) is 0 Å². The number of nitrogens with one attached hydrogen (secondary N) is 1. The monoisotopic (exact) mass is 289 g/mol. The highest BCUT2D eigenvalue weighted by Crippen LogP contribution is 2.58. The molecule has 0 aliphatic heterocycles. The lowest BCUT2D eigenvalue weighted by atomic mass is 10.1. The molecule has 2 rings (SSSR count). The van der Waals surface area contributed by atoms with Gasteiger partial charge in [0.25, 0.3) is 0 Å². The molecule has 3 atom stereocenters. The summed E-state index contributed by atoms with van der Waals surface area (Å²) in [6.45, 7) is 5.64. The Hall–Kier alpha value is -1.84. The first kappa shape index (κ1) is 15.5. The number of hydrogen-bond acceptors (Lipinski definition) is 2. The summed E-state index contributed by atoms with van der Waals surface area (Å²) in [7, 11) is 0. The van der Waals surface area contributed by atoms with Crippen molar-refractivity contribution in [3.05, 3.63) is 35.9 Å². The molecule has 0 saturated heterocycles. The van der Waals surface area contributed by atoms with Crippen LogP contribution >= 0.6 is 0 Å². The summed E-state index contributed by atoms with van der Waals surface area (Å²) in [6, 6.07) is 10.2. The number of rotatable bonds is 6. The van der Waals surface area contributed by atoms with E-state index in [4.69, 9.17) is 5.11 Å². The number of aryl methyl sites for hydroxylation is 1. The molecule has 1 saturated carbocycles. The van der Waals surface area contributed by atoms with Gasteiger partial charge in [0.1, 0.15) is 0 Å². The fourth-order valence-electron chi connectivity index (χ4n) is 3.02. The third-order valence-electron chi connectivity index (χ3n) is 4.47. The molecule has 1 aliphatic carbocycles. The molecule has 4 heteroatoms. The smallest absolute Gasteiger partial charge is 0.307 e. The molecule has 0 aromatic heterocycles. The quantitative estimate of drug-likeness (QED) is 0.845. The van der Waals surface area contributed by atoms with E-state index in [-0.39, 0.29) is 11.9 Å².